The molecule has 5 aromatic rings. The first-order chi connectivity index (χ1) is 16.5. The first-order valence-electron chi connectivity index (χ1n) is 10.3. The summed E-state index contributed by atoms with van der Waals surface area (Å²) in [5.41, 5.74) is 5.57. The average molecular weight is 473 g/mol. The van der Waals surface area contributed by atoms with Gasteiger partial charge in [0.25, 0.3) is 5.69 Å². The number of aromatic nitrogens is 1. The number of carbonyl (C=O) groups is 1. The zero-order chi connectivity index (χ0) is 23.7. The molecule has 9 heteroatoms. The second-order valence-corrected chi connectivity index (χ2v) is 8.02. The van der Waals surface area contributed by atoms with Crippen LogP contribution in [0.4, 0.5) is 5.69 Å². The van der Waals surface area contributed by atoms with E-state index in [-0.39, 0.29) is 11.4 Å². The van der Waals surface area contributed by atoms with Gasteiger partial charge in [0.2, 0.25) is 0 Å². The number of fused-ring (bicyclic) bond motifs is 2. The van der Waals surface area contributed by atoms with Gasteiger partial charge in [-0.1, -0.05) is 48.0 Å². The molecule has 34 heavy (non-hydrogen) atoms. The van der Waals surface area contributed by atoms with Gasteiger partial charge in [-0.05, 0) is 29.8 Å². The summed E-state index contributed by atoms with van der Waals surface area (Å²) in [4.78, 5) is 22.9. The van der Waals surface area contributed by atoms with E-state index in [0.29, 0.717) is 22.5 Å². The molecule has 0 saturated carbocycles. The summed E-state index contributed by atoms with van der Waals surface area (Å²) in [5, 5.41) is 17.2. The molecule has 0 aliphatic rings. The van der Waals surface area contributed by atoms with Crippen LogP contribution < -0.4 is 5.43 Å². The standard InChI is InChI=1S/C25H17ClN4O4/c26-21-7-3-1-5-16(21)14-29-15-18(20-6-2-4-8-22(20)29)13-27-28-25(31)24-12-17-11-19(30(32)33)9-10-23(17)34-24/h1-13,15H,14H2,(H,28,31). The Balaban J connectivity index is 1.37. The van der Waals surface area contributed by atoms with Crippen LogP contribution in [0.15, 0.2) is 88.5 Å². The predicted octanol–water partition coefficient (Wildman–Crippen LogP) is 5.76. The number of benzene rings is 3. The minimum atomic E-state index is -0.560. The van der Waals surface area contributed by atoms with Crippen molar-refractivity contribution in [1.29, 1.82) is 0 Å². The van der Waals surface area contributed by atoms with Crippen LogP contribution >= 0.6 is 11.6 Å². The van der Waals surface area contributed by atoms with Gasteiger partial charge >= 0.3 is 5.91 Å². The van der Waals surface area contributed by atoms with Gasteiger partial charge < -0.3 is 8.98 Å². The molecule has 0 bridgehead atoms. The minimum Gasteiger partial charge on any atom is -0.451 e. The molecule has 0 aliphatic heterocycles. The second kappa shape index (κ2) is 8.84. The van der Waals surface area contributed by atoms with E-state index in [9.17, 15) is 14.9 Å². The van der Waals surface area contributed by atoms with Crippen LogP contribution in [0, 0.1) is 10.1 Å². The molecule has 3 aromatic carbocycles. The van der Waals surface area contributed by atoms with Gasteiger partial charge in [0.05, 0.1) is 11.1 Å². The lowest BCUT2D eigenvalue weighted by Gasteiger charge is -2.07. The molecule has 2 heterocycles. The highest BCUT2D eigenvalue weighted by molar-refractivity contribution is 6.31. The molecule has 1 amide bonds. The quantitative estimate of drug-likeness (QED) is 0.193. The third-order valence-electron chi connectivity index (χ3n) is 5.42. The number of para-hydroxylation sites is 1. The lowest BCUT2D eigenvalue weighted by molar-refractivity contribution is -0.384. The molecular weight excluding hydrogens is 456 g/mol. The van der Waals surface area contributed by atoms with Gasteiger partial charge in [0, 0.05) is 51.7 Å². The van der Waals surface area contributed by atoms with E-state index in [0.717, 1.165) is 22.0 Å². The highest BCUT2D eigenvalue weighted by Crippen LogP contribution is 2.25. The molecule has 0 atom stereocenters. The van der Waals surface area contributed by atoms with E-state index in [1.165, 1.54) is 24.3 Å². The number of hydrazone groups is 1. The predicted molar refractivity (Wildman–Crippen MR) is 130 cm³/mol. The number of non-ortho nitro benzene ring substituents is 1. The Morgan fingerprint density at radius 3 is 2.74 bits per heavy atom. The Kier molecular flexibility index (Phi) is 5.57. The fourth-order valence-electron chi connectivity index (χ4n) is 3.79. The summed E-state index contributed by atoms with van der Waals surface area (Å²) in [6.07, 6.45) is 3.51. The number of nitrogens with one attached hydrogen (secondary N) is 1. The molecule has 2 aromatic heterocycles. The van der Waals surface area contributed by atoms with E-state index < -0.39 is 10.8 Å². The number of rotatable bonds is 6. The molecule has 1 N–H and O–H groups in total. The Labute approximate surface area is 198 Å². The van der Waals surface area contributed by atoms with Crippen molar-refractivity contribution in [2.75, 3.05) is 0 Å². The number of halogens is 1. The second-order valence-electron chi connectivity index (χ2n) is 7.61. The molecule has 0 aliphatic carbocycles. The monoisotopic (exact) mass is 472 g/mol. The van der Waals surface area contributed by atoms with E-state index in [4.69, 9.17) is 16.0 Å². The van der Waals surface area contributed by atoms with Crippen molar-refractivity contribution in [3.05, 3.63) is 111 Å². The maximum atomic E-state index is 12.5. The summed E-state index contributed by atoms with van der Waals surface area (Å²) in [7, 11) is 0. The lowest BCUT2D eigenvalue weighted by Crippen LogP contribution is -2.16. The van der Waals surface area contributed by atoms with Crippen molar-refractivity contribution in [3.63, 3.8) is 0 Å². The molecule has 0 unspecified atom stereocenters. The number of hydrogen-bond donors (Lipinski definition) is 1. The summed E-state index contributed by atoms with van der Waals surface area (Å²) in [5.74, 6) is -0.552. The number of nitrogens with zero attached hydrogens (tertiary/aromatic N) is 3. The SMILES string of the molecule is O=C(NN=Cc1cn(Cc2ccccc2Cl)c2ccccc12)c1cc2cc([N+](=O)[O-])ccc2o1. The first kappa shape index (κ1) is 21.4. The zero-order valence-electron chi connectivity index (χ0n) is 17.6. The highest BCUT2D eigenvalue weighted by Gasteiger charge is 2.15. The smallest absolute Gasteiger partial charge is 0.307 e. The molecule has 0 saturated heterocycles. The fourth-order valence-corrected chi connectivity index (χ4v) is 3.99. The maximum absolute atomic E-state index is 12.5. The number of hydrogen-bond acceptors (Lipinski definition) is 5. The number of amides is 1. The molecular formula is C25H17ClN4O4. The summed E-state index contributed by atoms with van der Waals surface area (Å²) < 4.78 is 7.57. The van der Waals surface area contributed by atoms with Gasteiger partial charge in [0.15, 0.2) is 5.76 Å². The maximum Gasteiger partial charge on any atom is 0.307 e. The fraction of sp³-hybridized carbons (Fsp3) is 0.0400. The van der Waals surface area contributed by atoms with E-state index in [1.807, 2.05) is 54.7 Å². The topological polar surface area (TPSA) is 103 Å². The number of nitro benzene ring substituents is 1. The molecule has 8 nitrogen and oxygen atoms in total. The molecule has 0 fully saturated rings. The van der Waals surface area contributed by atoms with Crippen LogP contribution in [-0.4, -0.2) is 21.6 Å². The lowest BCUT2D eigenvalue weighted by atomic mass is 10.2. The molecule has 0 radical (unpaired) electrons. The summed E-state index contributed by atoms with van der Waals surface area (Å²) >= 11 is 6.33. The molecule has 168 valence electrons. The summed E-state index contributed by atoms with van der Waals surface area (Å²) in [6, 6.07) is 21.1. The number of furan rings is 1. The van der Waals surface area contributed by atoms with Gasteiger partial charge in [0.1, 0.15) is 5.58 Å². The van der Waals surface area contributed by atoms with Crippen molar-refractivity contribution in [2.45, 2.75) is 6.54 Å². The first-order valence-corrected chi connectivity index (χ1v) is 10.7. The van der Waals surface area contributed by atoms with Crippen LogP contribution in [0.25, 0.3) is 21.9 Å². The minimum absolute atomic E-state index is 0.00814. The van der Waals surface area contributed by atoms with Crippen molar-refractivity contribution in [3.8, 4) is 0 Å². The Morgan fingerprint density at radius 1 is 1.12 bits per heavy atom. The largest absolute Gasteiger partial charge is 0.451 e. The van der Waals surface area contributed by atoms with Gasteiger partial charge in [-0.25, -0.2) is 5.43 Å². The molecule has 0 spiro atoms. The normalized spacial score (nSPS) is 11.4. The van der Waals surface area contributed by atoms with Crippen LogP contribution in [0.3, 0.4) is 0 Å². The van der Waals surface area contributed by atoms with Gasteiger partial charge in [-0.3, -0.25) is 14.9 Å². The molecule has 5 rings (SSSR count). The highest BCUT2D eigenvalue weighted by atomic mass is 35.5. The Bertz CT molecular complexity index is 1580. The zero-order valence-corrected chi connectivity index (χ0v) is 18.4. The van der Waals surface area contributed by atoms with Crippen molar-refractivity contribution >= 4 is 51.3 Å². The van der Waals surface area contributed by atoms with E-state index in [2.05, 4.69) is 15.1 Å². The van der Waals surface area contributed by atoms with Crippen molar-refractivity contribution < 1.29 is 14.1 Å². The van der Waals surface area contributed by atoms with Crippen LogP contribution in [0.1, 0.15) is 21.7 Å². The number of nitro groups is 1. The Hall–Kier alpha value is -4.43. The number of carbonyl (C=O) groups excluding carboxylic acids is 1. The van der Waals surface area contributed by atoms with Crippen LogP contribution in [0.5, 0.6) is 0 Å². The average Bonchev–Trinajstić information content (AvgIpc) is 3.42. The Morgan fingerprint density at radius 2 is 1.91 bits per heavy atom. The van der Waals surface area contributed by atoms with Crippen molar-refractivity contribution in [2.24, 2.45) is 5.10 Å². The van der Waals surface area contributed by atoms with Gasteiger partial charge in [-0.15, -0.1) is 0 Å². The van der Waals surface area contributed by atoms with Crippen LogP contribution in [0.2, 0.25) is 5.02 Å². The van der Waals surface area contributed by atoms with Crippen LogP contribution in [-0.2, 0) is 6.54 Å². The third kappa shape index (κ3) is 4.14. The van der Waals surface area contributed by atoms with Gasteiger partial charge in [-0.2, -0.15) is 5.10 Å². The van der Waals surface area contributed by atoms with E-state index in [1.54, 1.807) is 6.21 Å². The van der Waals surface area contributed by atoms with Crippen molar-refractivity contribution in [1.82, 2.24) is 9.99 Å². The third-order valence-corrected chi connectivity index (χ3v) is 5.79. The van der Waals surface area contributed by atoms with E-state index >= 15 is 0 Å². The summed E-state index contributed by atoms with van der Waals surface area (Å²) in [6.45, 7) is 0.589.